The molecule has 7 heteroatoms. The Morgan fingerprint density at radius 2 is 1.73 bits per heavy atom. The monoisotopic (exact) mass is 362 g/mol. The van der Waals surface area contributed by atoms with Crippen molar-refractivity contribution in [2.75, 3.05) is 51.7 Å². The van der Waals surface area contributed by atoms with E-state index in [1.165, 1.54) is 19.3 Å². The third-order valence-electron chi connectivity index (χ3n) is 4.99. The Labute approximate surface area is 157 Å². The molecule has 0 unspecified atom stereocenters. The van der Waals surface area contributed by atoms with E-state index < -0.39 is 0 Å². The van der Waals surface area contributed by atoms with Crippen molar-refractivity contribution in [3.63, 3.8) is 0 Å². The first-order valence-corrected chi connectivity index (χ1v) is 9.82. The molecule has 1 aliphatic heterocycles. The number of likely N-dealkylation sites (N-methyl/N-ethyl adjacent to an activating group) is 1. The van der Waals surface area contributed by atoms with Gasteiger partial charge in [-0.25, -0.2) is 14.8 Å². The molecule has 2 amide bonds. The lowest BCUT2D eigenvalue weighted by Gasteiger charge is -2.33. The molecule has 2 aliphatic rings. The molecule has 3 rings (SSSR count). The molecular formula is C19H34N6O. The van der Waals surface area contributed by atoms with Crippen LogP contribution >= 0.6 is 0 Å². The molecule has 26 heavy (non-hydrogen) atoms. The first kappa shape index (κ1) is 20.4. The average Bonchev–Trinajstić information content (AvgIpc) is 2.70. The minimum atomic E-state index is 0.0434. The molecule has 1 aliphatic carbocycles. The SMILES string of the molecule is CCN1CCN(c2ncccn2)CC1.CN(C)C(=O)NC1CCCCC1. The van der Waals surface area contributed by atoms with E-state index in [0.29, 0.717) is 6.04 Å². The van der Waals surface area contributed by atoms with E-state index in [9.17, 15) is 4.79 Å². The maximum atomic E-state index is 11.2. The number of rotatable bonds is 3. The van der Waals surface area contributed by atoms with Crippen molar-refractivity contribution in [2.45, 2.75) is 45.1 Å². The van der Waals surface area contributed by atoms with E-state index in [0.717, 1.165) is 51.5 Å². The molecule has 0 aromatic carbocycles. The van der Waals surface area contributed by atoms with Gasteiger partial charge in [-0.2, -0.15) is 0 Å². The maximum Gasteiger partial charge on any atom is 0.317 e. The number of urea groups is 1. The number of nitrogens with one attached hydrogen (secondary N) is 1. The molecule has 1 saturated heterocycles. The van der Waals surface area contributed by atoms with Crippen molar-refractivity contribution in [3.05, 3.63) is 18.5 Å². The number of hydrogen-bond donors (Lipinski definition) is 1. The Balaban J connectivity index is 0.000000190. The van der Waals surface area contributed by atoms with Crippen molar-refractivity contribution in [1.29, 1.82) is 0 Å². The van der Waals surface area contributed by atoms with E-state index in [4.69, 9.17) is 0 Å². The van der Waals surface area contributed by atoms with Gasteiger partial charge in [0.05, 0.1) is 0 Å². The number of carbonyl (C=O) groups excluding carboxylic acids is 1. The van der Waals surface area contributed by atoms with Crippen LogP contribution in [0.1, 0.15) is 39.0 Å². The van der Waals surface area contributed by atoms with E-state index in [2.05, 4.69) is 32.0 Å². The number of piperazine rings is 1. The lowest BCUT2D eigenvalue weighted by Crippen LogP contribution is -2.46. The second-order valence-corrected chi connectivity index (χ2v) is 7.15. The molecule has 1 N–H and O–H groups in total. The van der Waals surface area contributed by atoms with Gasteiger partial charge in [-0.15, -0.1) is 0 Å². The summed E-state index contributed by atoms with van der Waals surface area (Å²) in [5, 5.41) is 3.01. The molecule has 7 nitrogen and oxygen atoms in total. The maximum absolute atomic E-state index is 11.2. The fourth-order valence-electron chi connectivity index (χ4n) is 3.27. The zero-order valence-corrected chi connectivity index (χ0v) is 16.5. The Kier molecular flexibility index (Phi) is 8.61. The molecule has 146 valence electrons. The van der Waals surface area contributed by atoms with Crippen LogP contribution in [-0.4, -0.2) is 78.7 Å². The van der Waals surface area contributed by atoms with Gasteiger partial charge >= 0.3 is 6.03 Å². The number of aromatic nitrogens is 2. The minimum Gasteiger partial charge on any atom is -0.338 e. The molecule has 1 saturated carbocycles. The fraction of sp³-hybridized carbons (Fsp3) is 0.737. The number of carbonyl (C=O) groups is 1. The van der Waals surface area contributed by atoms with E-state index in [1.807, 2.05) is 6.07 Å². The predicted molar refractivity (Wildman–Crippen MR) is 105 cm³/mol. The van der Waals surface area contributed by atoms with Gasteiger partial charge in [-0.3, -0.25) is 0 Å². The molecule has 0 radical (unpaired) electrons. The first-order chi connectivity index (χ1) is 12.6. The highest BCUT2D eigenvalue weighted by Crippen LogP contribution is 2.17. The third kappa shape index (κ3) is 6.78. The Bertz CT molecular complexity index is 510. The van der Waals surface area contributed by atoms with Crippen LogP contribution in [0.3, 0.4) is 0 Å². The second kappa shape index (κ2) is 11.0. The third-order valence-corrected chi connectivity index (χ3v) is 4.99. The zero-order chi connectivity index (χ0) is 18.8. The number of nitrogens with zero attached hydrogens (tertiary/aromatic N) is 5. The highest BCUT2D eigenvalue weighted by Gasteiger charge is 2.17. The summed E-state index contributed by atoms with van der Waals surface area (Å²) in [6, 6.07) is 2.32. The van der Waals surface area contributed by atoms with Crippen LogP contribution in [0.25, 0.3) is 0 Å². The van der Waals surface area contributed by atoms with Crippen LogP contribution in [0.5, 0.6) is 0 Å². The lowest BCUT2D eigenvalue weighted by atomic mass is 9.96. The Morgan fingerprint density at radius 1 is 1.12 bits per heavy atom. The zero-order valence-electron chi connectivity index (χ0n) is 16.5. The van der Waals surface area contributed by atoms with Gasteiger partial charge in [-0.05, 0) is 25.5 Å². The first-order valence-electron chi connectivity index (χ1n) is 9.82. The number of amides is 2. The van der Waals surface area contributed by atoms with Gasteiger partial charge in [0.1, 0.15) is 0 Å². The van der Waals surface area contributed by atoms with Gasteiger partial charge in [0, 0.05) is 58.7 Å². The second-order valence-electron chi connectivity index (χ2n) is 7.15. The van der Waals surface area contributed by atoms with Crippen molar-refractivity contribution in [2.24, 2.45) is 0 Å². The van der Waals surface area contributed by atoms with Crippen molar-refractivity contribution < 1.29 is 4.79 Å². The number of anilines is 1. The van der Waals surface area contributed by atoms with E-state index in [1.54, 1.807) is 31.4 Å². The van der Waals surface area contributed by atoms with Crippen LogP contribution in [0.15, 0.2) is 18.5 Å². The number of hydrogen-bond acceptors (Lipinski definition) is 5. The summed E-state index contributed by atoms with van der Waals surface area (Å²) >= 11 is 0. The lowest BCUT2D eigenvalue weighted by molar-refractivity contribution is 0.209. The van der Waals surface area contributed by atoms with Crippen LogP contribution in [0.2, 0.25) is 0 Å². The van der Waals surface area contributed by atoms with Gasteiger partial charge in [-0.1, -0.05) is 26.2 Å². The molecule has 0 bridgehead atoms. The minimum absolute atomic E-state index is 0.0434. The van der Waals surface area contributed by atoms with Crippen molar-refractivity contribution in [3.8, 4) is 0 Å². The highest BCUT2D eigenvalue weighted by atomic mass is 16.2. The molecule has 0 spiro atoms. The van der Waals surface area contributed by atoms with Crippen LogP contribution in [0, 0.1) is 0 Å². The average molecular weight is 363 g/mol. The summed E-state index contributed by atoms with van der Waals surface area (Å²) in [5.41, 5.74) is 0. The molecule has 1 aromatic rings. The fourth-order valence-corrected chi connectivity index (χ4v) is 3.27. The van der Waals surface area contributed by atoms with Gasteiger partial charge < -0.3 is 20.0 Å². The Hall–Kier alpha value is -1.89. The molecule has 1 aromatic heterocycles. The molecule has 2 fully saturated rings. The van der Waals surface area contributed by atoms with Crippen LogP contribution in [-0.2, 0) is 0 Å². The highest BCUT2D eigenvalue weighted by molar-refractivity contribution is 5.73. The summed E-state index contributed by atoms with van der Waals surface area (Å²) in [4.78, 5) is 26.0. The van der Waals surface area contributed by atoms with Crippen LogP contribution < -0.4 is 10.2 Å². The predicted octanol–water partition coefficient (Wildman–Crippen LogP) is 2.21. The van der Waals surface area contributed by atoms with Crippen molar-refractivity contribution in [1.82, 2.24) is 25.1 Å². The van der Waals surface area contributed by atoms with Crippen LogP contribution in [0.4, 0.5) is 10.7 Å². The van der Waals surface area contributed by atoms with Crippen molar-refractivity contribution >= 4 is 12.0 Å². The molecule has 2 heterocycles. The van der Waals surface area contributed by atoms with Gasteiger partial charge in [0.15, 0.2) is 0 Å². The molecule has 0 atom stereocenters. The summed E-state index contributed by atoms with van der Waals surface area (Å²) in [6.07, 6.45) is 9.76. The smallest absolute Gasteiger partial charge is 0.317 e. The summed E-state index contributed by atoms with van der Waals surface area (Å²) in [6.45, 7) is 7.66. The Morgan fingerprint density at radius 3 is 2.27 bits per heavy atom. The van der Waals surface area contributed by atoms with E-state index >= 15 is 0 Å². The summed E-state index contributed by atoms with van der Waals surface area (Å²) in [7, 11) is 3.55. The normalized spacial score (nSPS) is 18.7. The topological polar surface area (TPSA) is 64.6 Å². The van der Waals surface area contributed by atoms with Gasteiger partial charge in [0.25, 0.3) is 0 Å². The van der Waals surface area contributed by atoms with Gasteiger partial charge in [0.2, 0.25) is 5.95 Å². The quantitative estimate of drug-likeness (QED) is 0.893. The summed E-state index contributed by atoms with van der Waals surface area (Å²) < 4.78 is 0. The standard InChI is InChI=1S/C10H16N4.C9H18N2O/c1-2-13-6-8-14(9-7-13)10-11-4-3-5-12-10;1-11(2)9(12)10-8-6-4-3-5-7-8/h3-5H,2,6-9H2,1H3;8H,3-7H2,1-2H3,(H,10,12). The summed E-state index contributed by atoms with van der Waals surface area (Å²) in [5.74, 6) is 0.864. The van der Waals surface area contributed by atoms with E-state index in [-0.39, 0.29) is 6.03 Å². The molecular weight excluding hydrogens is 328 g/mol. The largest absolute Gasteiger partial charge is 0.338 e.